The van der Waals surface area contributed by atoms with E-state index in [1.807, 2.05) is 49.4 Å². The summed E-state index contributed by atoms with van der Waals surface area (Å²) in [5, 5.41) is 9.33. The van der Waals surface area contributed by atoms with E-state index in [9.17, 15) is 14.7 Å². The fraction of sp³-hybridized carbons (Fsp3) is 0.333. The third kappa shape index (κ3) is 4.28. The van der Waals surface area contributed by atoms with Crippen LogP contribution in [-0.2, 0) is 10.5 Å². The molecule has 0 aromatic heterocycles. The Hall–Kier alpha value is -2.27. The summed E-state index contributed by atoms with van der Waals surface area (Å²) < 4.78 is 0. The fourth-order valence-corrected chi connectivity index (χ4v) is 4.21. The largest absolute Gasteiger partial charge is 0.481 e. The van der Waals surface area contributed by atoms with E-state index >= 15 is 0 Å². The van der Waals surface area contributed by atoms with Gasteiger partial charge in [0, 0.05) is 28.8 Å². The van der Waals surface area contributed by atoms with Crippen molar-refractivity contribution in [3.8, 4) is 0 Å². The monoisotopic (exact) mass is 369 g/mol. The molecule has 1 amide bonds. The van der Waals surface area contributed by atoms with E-state index in [1.165, 1.54) is 5.56 Å². The molecular weight excluding hydrogens is 346 g/mol. The molecule has 2 aromatic carbocycles. The number of amides is 1. The number of nitrogens with zero attached hydrogens (tertiary/aromatic N) is 1. The Bertz CT molecular complexity index is 761. The van der Waals surface area contributed by atoms with Crippen molar-refractivity contribution in [3.63, 3.8) is 0 Å². The number of carboxylic acid groups (broad SMARTS) is 1. The standard InChI is InChI=1S/C21H23NO3S/c1-15-19(21(24)25)8-5-13-22(15)20(23)17-9-11-18(12-10-17)26-14-16-6-3-2-4-7-16/h2-4,6-7,9-12,15,19H,5,8,13-14H2,1H3,(H,24,25)/t15-,19-/m1/s1. The van der Waals surface area contributed by atoms with Crippen LogP contribution in [0.25, 0.3) is 0 Å². The lowest BCUT2D eigenvalue weighted by atomic mass is 9.90. The Balaban J connectivity index is 1.64. The zero-order valence-electron chi connectivity index (χ0n) is 14.8. The molecule has 1 aliphatic rings. The quantitative estimate of drug-likeness (QED) is 0.798. The van der Waals surface area contributed by atoms with E-state index in [4.69, 9.17) is 0 Å². The Kier molecular flexibility index (Phi) is 5.99. The van der Waals surface area contributed by atoms with E-state index in [2.05, 4.69) is 12.1 Å². The van der Waals surface area contributed by atoms with Gasteiger partial charge < -0.3 is 10.0 Å². The van der Waals surface area contributed by atoms with Crippen LogP contribution in [0.3, 0.4) is 0 Å². The van der Waals surface area contributed by atoms with Crippen molar-refractivity contribution in [2.24, 2.45) is 5.92 Å². The van der Waals surface area contributed by atoms with E-state index in [0.29, 0.717) is 18.5 Å². The maximum absolute atomic E-state index is 12.8. The highest BCUT2D eigenvalue weighted by Crippen LogP contribution is 2.27. The predicted octanol–water partition coefficient (Wildman–Crippen LogP) is 4.30. The van der Waals surface area contributed by atoms with Crippen molar-refractivity contribution < 1.29 is 14.7 Å². The van der Waals surface area contributed by atoms with Gasteiger partial charge in [-0.05, 0) is 49.6 Å². The number of carbonyl (C=O) groups is 2. The van der Waals surface area contributed by atoms with Crippen LogP contribution in [0, 0.1) is 5.92 Å². The van der Waals surface area contributed by atoms with Gasteiger partial charge in [-0.3, -0.25) is 9.59 Å². The van der Waals surface area contributed by atoms with Crippen LogP contribution in [0.4, 0.5) is 0 Å². The average Bonchev–Trinajstić information content (AvgIpc) is 2.67. The third-order valence-corrected chi connectivity index (χ3v) is 6.00. The van der Waals surface area contributed by atoms with Crippen LogP contribution in [0.1, 0.15) is 35.7 Å². The van der Waals surface area contributed by atoms with Gasteiger partial charge in [-0.2, -0.15) is 0 Å². The van der Waals surface area contributed by atoms with Crippen molar-refractivity contribution in [3.05, 3.63) is 65.7 Å². The predicted molar refractivity (Wildman–Crippen MR) is 103 cm³/mol. The summed E-state index contributed by atoms with van der Waals surface area (Å²) in [6, 6.07) is 17.6. The van der Waals surface area contributed by atoms with Gasteiger partial charge in [0.2, 0.25) is 0 Å². The van der Waals surface area contributed by atoms with Crippen LogP contribution in [0.15, 0.2) is 59.5 Å². The first-order valence-electron chi connectivity index (χ1n) is 8.87. The fourth-order valence-electron chi connectivity index (χ4n) is 3.36. The summed E-state index contributed by atoms with van der Waals surface area (Å²) in [6.45, 7) is 2.45. The zero-order valence-corrected chi connectivity index (χ0v) is 15.6. The van der Waals surface area contributed by atoms with Gasteiger partial charge in [-0.15, -0.1) is 11.8 Å². The van der Waals surface area contributed by atoms with Crippen molar-refractivity contribution in [1.82, 2.24) is 4.90 Å². The first-order valence-corrected chi connectivity index (χ1v) is 9.85. The lowest BCUT2D eigenvalue weighted by Crippen LogP contribution is -2.49. The summed E-state index contributed by atoms with van der Waals surface area (Å²) in [7, 11) is 0. The molecule has 0 aliphatic carbocycles. The van der Waals surface area contributed by atoms with Gasteiger partial charge >= 0.3 is 5.97 Å². The summed E-state index contributed by atoms with van der Waals surface area (Å²) in [4.78, 5) is 27.0. The molecule has 4 nitrogen and oxygen atoms in total. The van der Waals surface area contributed by atoms with E-state index in [1.54, 1.807) is 16.7 Å². The zero-order chi connectivity index (χ0) is 18.5. The highest BCUT2D eigenvalue weighted by atomic mass is 32.2. The number of carboxylic acids is 1. The van der Waals surface area contributed by atoms with Gasteiger partial charge in [-0.25, -0.2) is 0 Å². The van der Waals surface area contributed by atoms with Gasteiger partial charge in [0.25, 0.3) is 5.91 Å². The van der Waals surface area contributed by atoms with E-state index in [-0.39, 0.29) is 11.9 Å². The molecule has 5 heteroatoms. The lowest BCUT2D eigenvalue weighted by molar-refractivity contribution is -0.144. The Morgan fingerprint density at radius 2 is 1.81 bits per heavy atom. The molecule has 0 saturated carbocycles. The van der Waals surface area contributed by atoms with E-state index < -0.39 is 11.9 Å². The van der Waals surface area contributed by atoms with Gasteiger partial charge in [0.1, 0.15) is 0 Å². The summed E-state index contributed by atoms with van der Waals surface area (Å²) in [5.41, 5.74) is 1.88. The Morgan fingerprint density at radius 3 is 2.46 bits per heavy atom. The molecule has 0 spiro atoms. The Morgan fingerprint density at radius 1 is 1.12 bits per heavy atom. The minimum Gasteiger partial charge on any atom is -0.481 e. The lowest BCUT2D eigenvalue weighted by Gasteiger charge is -2.37. The first kappa shape index (κ1) is 18.5. The molecule has 26 heavy (non-hydrogen) atoms. The molecule has 0 unspecified atom stereocenters. The number of aliphatic carboxylic acids is 1. The first-order chi connectivity index (χ1) is 12.6. The minimum absolute atomic E-state index is 0.0805. The number of carbonyl (C=O) groups excluding carboxylic acids is 1. The number of piperidine rings is 1. The SMILES string of the molecule is C[C@@H]1[C@H](C(=O)O)CCCN1C(=O)c1ccc(SCc2ccccc2)cc1. The van der Waals surface area contributed by atoms with Crippen LogP contribution in [0.2, 0.25) is 0 Å². The number of hydrogen-bond acceptors (Lipinski definition) is 3. The molecule has 1 aliphatic heterocycles. The average molecular weight is 369 g/mol. The molecule has 0 bridgehead atoms. The molecule has 1 saturated heterocycles. The van der Waals surface area contributed by atoms with Crippen molar-refractivity contribution in [2.75, 3.05) is 6.54 Å². The second-order valence-electron chi connectivity index (χ2n) is 6.62. The van der Waals surface area contributed by atoms with Crippen LogP contribution in [0.5, 0.6) is 0 Å². The smallest absolute Gasteiger partial charge is 0.308 e. The molecule has 0 radical (unpaired) electrons. The van der Waals surface area contributed by atoms with Crippen molar-refractivity contribution >= 4 is 23.6 Å². The van der Waals surface area contributed by atoms with Crippen molar-refractivity contribution in [1.29, 1.82) is 0 Å². The normalized spacial score (nSPS) is 20.0. The topological polar surface area (TPSA) is 57.6 Å². The summed E-state index contributed by atoms with van der Waals surface area (Å²) in [5.74, 6) is -0.489. The van der Waals surface area contributed by atoms with Crippen LogP contribution in [-0.4, -0.2) is 34.5 Å². The molecule has 2 aromatic rings. The van der Waals surface area contributed by atoms with Crippen molar-refractivity contribution in [2.45, 2.75) is 36.5 Å². The highest BCUT2D eigenvalue weighted by Gasteiger charge is 2.35. The highest BCUT2D eigenvalue weighted by molar-refractivity contribution is 7.98. The minimum atomic E-state index is -0.817. The van der Waals surface area contributed by atoms with E-state index in [0.717, 1.165) is 17.1 Å². The molecule has 3 rings (SSSR count). The molecule has 1 fully saturated rings. The number of benzene rings is 2. The summed E-state index contributed by atoms with van der Waals surface area (Å²) in [6.07, 6.45) is 1.37. The Labute approximate surface area is 158 Å². The summed E-state index contributed by atoms with van der Waals surface area (Å²) >= 11 is 1.73. The molecule has 136 valence electrons. The molecular formula is C21H23NO3S. The number of rotatable bonds is 5. The maximum atomic E-state index is 12.8. The van der Waals surface area contributed by atoms with Crippen LogP contribution < -0.4 is 0 Å². The molecule has 1 heterocycles. The van der Waals surface area contributed by atoms with Gasteiger partial charge in [0.15, 0.2) is 0 Å². The third-order valence-electron chi connectivity index (χ3n) is 4.92. The number of likely N-dealkylation sites (tertiary alicyclic amines) is 1. The van der Waals surface area contributed by atoms with Crippen LogP contribution >= 0.6 is 11.8 Å². The maximum Gasteiger partial charge on any atom is 0.308 e. The molecule has 2 atom stereocenters. The second kappa shape index (κ2) is 8.41. The number of thioether (sulfide) groups is 1. The molecule has 1 N–H and O–H groups in total. The van der Waals surface area contributed by atoms with Gasteiger partial charge in [-0.1, -0.05) is 30.3 Å². The second-order valence-corrected chi connectivity index (χ2v) is 7.67. The van der Waals surface area contributed by atoms with Gasteiger partial charge in [0.05, 0.1) is 5.92 Å². The number of hydrogen-bond donors (Lipinski definition) is 1.